The number of methoxy groups -OCH3 is 1. The summed E-state index contributed by atoms with van der Waals surface area (Å²) in [5, 5.41) is 0. The molecule has 29 heavy (non-hydrogen) atoms. The predicted molar refractivity (Wildman–Crippen MR) is 110 cm³/mol. The lowest BCUT2D eigenvalue weighted by atomic mass is 9.62. The number of hydrogen-bond donors (Lipinski definition) is 0. The molecule has 1 aliphatic carbocycles. The Hall–Kier alpha value is -1.88. The molecule has 2 aliphatic heterocycles. The topological polar surface area (TPSA) is 55.8 Å². The summed E-state index contributed by atoms with van der Waals surface area (Å²) in [5.41, 5.74) is -1.66. The van der Waals surface area contributed by atoms with Crippen LogP contribution in [0.15, 0.2) is 30.3 Å². The molecule has 5 heteroatoms. The zero-order chi connectivity index (χ0) is 20.9. The quantitative estimate of drug-likeness (QED) is 0.724. The van der Waals surface area contributed by atoms with Gasteiger partial charge in [0.25, 0.3) is 5.91 Å². The third-order valence-corrected chi connectivity index (χ3v) is 8.33. The summed E-state index contributed by atoms with van der Waals surface area (Å²) >= 11 is 0. The van der Waals surface area contributed by atoms with E-state index in [4.69, 9.17) is 9.47 Å². The zero-order valence-electron chi connectivity index (χ0n) is 18.1. The lowest BCUT2D eigenvalue weighted by Gasteiger charge is -2.57. The van der Waals surface area contributed by atoms with Gasteiger partial charge in [-0.3, -0.25) is 4.79 Å². The van der Waals surface area contributed by atoms with Crippen LogP contribution >= 0.6 is 0 Å². The maximum absolute atomic E-state index is 14.0. The summed E-state index contributed by atoms with van der Waals surface area (Å²) in [5.74, 6) is -0.229. The maximum atomic E-state index is 14.0. The molecule has 158 valence electrons. The van der Waals surface area contributed by atoms with Crippen LogP contribution in [-0.4, -0.2) is 48.2 Å². The van der Waals surface area contributed by atoms with Gasteiger partial charge in [0.15, 0.2) is 5.60 Å². The second-order valence-corrected chi connectivity index (χ2v) is 9.94. The first kappa shape index (κ1) is 20.4. The highest BCUT2D eigenvalue weighted by Gasteiger charge is 2.72. The molecule has 0 unspecified atom stereocenters. The smallest absolute Gasteiger partial charge is 0.333 e. The molecule has 3 fully saturated rings. The molecular formula is C24H33NO4. The van der Waals surface area contributed by atoms with Crippen molar-refractivity contribution in [1.82, 2.24) is 4.90 Å². The van der Waals surface area contributed by atoms with Gasteiger partial charge in [0.05, 0.1) is 6.61 Å². The van der Waals surface area contributed by atoms with Crippen LogP contribution in [0.3, 0.4) is 0 Å². The maximum Gasteiger partial charge on any atom is 0.333 e. The van der Waals surface area contributed by atoms with Gasteiger partial charge < -0.3 is 14.4 Å². The van der Waals surface area contributed by atoms with E-state index in [9.17, 15) is 9.59 Å². The van der Waals surface area contributed by atoms with Crippen molar-refractivity contribution in [2.45, 2.75) is 70.4 Å². The van der Waals surface area contributed by atoms with E-state index in [2.05, 4.69) is 20.8 Å². The van der Waals surface area contributed by atoms with Gasteiger partial charge >= 0.3 is 5.97 Å². The first-order valence-electron chi connectivity index (χ1n) is 10.8. The number of fused-ring (bicyclic) bond motifs is 1. The Morgan fingerprint density at radius 1 is 1.03 bits per heavy atom. The van der Waals surface area contributed by atoms with Crippen molar-refractivity contribution in [2.24, 2.45) is 10.8 Å². The first-order valence-corrected chi connectivity index (χ1v) is 10.8. The van der Waals surface area contributed by atoms with E-state index >= 15 is 0 Å². The van der Waals surface area contributed by atoms with Gasteiger partial charge in [-0.1, -0.05) is 51.1 Å². The molecule has 2 heterocycles. The number of rotatable bonds is 4. The van der Waals surface area contributed by atoms with Crippen LogP contribution in [0, 0.1) is 10.8 Å². The summed E-state index contributed by atoms with van der Waals surface area (Å²) in [4.78, 5) is 29.6. The van der Waals surface area contributed by atoms with Crippen molar-refractivity contribution in [3.05, 3.63) is 35.9 Å². The van der Waals surface area contributed by atoms with Gasteiger partial charge in [0.1, 0.15) is 5.54 Å². The Morgan fingerprint density at radius 3 is 2.45 bits per heavy atom. The van der Waals surface area contributed by atoms with E-state index in [1.165, 1.54) is 0 Å². The van der Waals surface area contributed by atoms with Crippen molar-refractivity contribution in [3.63, 3.8) is 0 Å². The van der Waals surface area contributed by atoms with Crippen molar-refractivity contribution in [2.75, 3.05) is 20.3 Å². The van der Waals surface area contributed by atoms with Gasteiger partial charge in [-0.2, -0.15) is 0 Å². The van der Waals surface area contributed by atoms with Crippen LogP contribution in [0.25, 0.3) is 0 Å². The van der Waals surface area contributed by atoms with E-state index in [1.54, 1.807) is 7.11 Å². The second-order valence-electron chi connectivity index (χ2n) is 9.94. The number of ether oxygens (including phenoxy) is 2. The van der Waals surface area contributed by atoms with E-state index in [1.807, 2.05) is 35.2 Å². The molecule has 0 radical (unpaired) electrons. The number of hydrogen-bond acceptors (Lipinski definition) is 4. The van der Waals surface area contributed by atoms with Crippen LogP contribution in [0.2, 0.25) is 0 Å². The number of nitrogens with zero attached hydrogens (tertiary/aromatic N) is 1. The van der Waals surface area contributed by atoms with Crippen molar-refractivity contribution in [3.8, 4) is 0 Å². The molecule has 1 spiro atoms. The molecule has 0 aromatic heterocycles. The van der Waals surface area contributed by atoms with Crippen LogP contribution < -0.4 is 0 Å². The number of benzene rings is 1. The molecule has 1 amide bonds. The standard InChI is InChI=1S/C24H33NO4/c1-21(2)22(3,17-28-4)13-14-24(21)19(26)25-15-9-8-12-23(25,20(27)29-24)16-18-10-6-5-7-11-18/h5-7,10-11H,8-9,12-17H2,1-4H3/t22-,23+,24+/m0/s1. The number of esters is 1. The van der Waals surface area contributed by atoms with Crippen molar-refractivity contribution < 1.29 is 19.1 Å². The second kappa shape index (κ2) is 6.83. The molecule has 3 aliphatic rings. The largest absolute Gasteiger partial charge is 0.447 e. The van der Waals surface area contributed by atoms with Crippen LogP contribution in [-0.2, 0) is 25.5 Å². The molecule has 0 bridgehead atoms. The molecule has 1 saturated carbocycles. The molecule has 4 rings (SSSR count). The molecule has 5 nitrogen and oxygen atoms in total. The fraction of sp³-hybridized carbons (Fsp3) is 0.667. The monoisotopic (exact) mass is 399 g/mol. The highest BCUT2D eigenvalue weighted by Crippen LogP contribution is 2.62. The third kappa shape index (κ3) is 2.69. The third-order valence-electron chi connectivity index (χ3n) is 8.33. The number of piperidine rings is 1. The molecule has 2 saturated heterocycles. The van der Waals surface area contributed by atoms with E-state index in [0.717, 1.165) is 24.8 Å². The average Bonchev–Trinajstić information content (AvgIpc) is 2.89. The Kier molecular flexibility index (Phi) is 4.80. The Labute approximate surface area is 173 Å². The van der Waals surface area contributed by atoms with Crippen LogP contribution in [0.5, 0.6) is 0 Å². The molecule has 1 aromatic carbocycles. The van der Waals surface area contributed by atoms with Crippen molar-refractivity contribution in [1.29, 1.82) is 0 Å². The highest BCUT2D eigenvalue weighted by molar-refractivity contribution is 5.99. The summed E-state index contributed by atoms with van der Waals surface area (Å²) in [6, 6.07) is 9.98. The normalized spacial score (nSPS) is 36.2. The van der Waals surface area contributed by atoms with Gasteiger partial charge in [0.2, 0.25) is 0 Å². The van der Waals surface area contributed by atoms with Gasteiger partial charge in [-0.15, -0.1) is 0 Å². The first-order chi connectivity index (χ1) is 13.7. The number of amides is 1. The van der Waals surface area contributed by atoms with Gasteiger partial charge in [-0.05, 0) is 37.7 Å². The molecule has 1 aromatic rings. The summed E-state index contributed by atoms with van der Waals surface area (Å²) in [6.07, 6.45) is 4.40. The Bertz CT molecular complexity index is 806. The fourth-order valence-corrected chi connectivity index (χ4v) is 5.94. The minimum absolute atomic E-state index is 0.00226. The number of morpholine rings is 1. The van der Waals surface area contributed by atoms with E-state index in [0.29, 0.717) is 32.4 Å². The Morgan fingerprint density at radius 2 is 1.76 bits per heavy atom. The fourth-order valence-electron chi connectivity index (χ4n) is 5.94. The summed E-state index contributed by atoms with van der Waals surface area (Å²) < 4.78 is 11.8. The van der Waals surface area contributed by atoms with Crippen LogP contribution in [0.1, 0.15) is 58.4 Å². The molecule has 3 atom stereocenters. The lowest BCUT2D eigenvalue weighted by Crippen LogP contribution is -2.74. The SMILES string of the molecule is COC[C@]1(C)CC[C@]2(OC(=O)[C@]3(Cc4ccccc4)CCCCN3C2=O)C1(C)C. The predicted octanol–water partition coefficient (Wildman–Crippen LogP) is 3.75. The summed E-state index contributed by atoms with van der Waals surface area (Å²) in [6.45, 7) is 7.45. The molecule has 0 N–H and O–H groups in total. The van der Waals surface area contributed by atoms with Crippen molar-refractivity contribution >= 4 is 11.9 Å². The molecular weight excluding hydrogens is 366 g/mol. The average molecular weight is 400 g/mol. The Balaban J connectivity index is 1.74. The van der Waals surface area contributed by atoms with E-state index in [-0.39, 0.29) is 17.3 Å². The number of carbonyl (C=O) groups excluding carboxylic acids is 2. The highest BCUT2D eigenvalue weighted by atomic mass is 16.6. The summed E-state index contributed by atoms with van der Waals surface area (Å²) in [7, 11) is 1.69. The minimum Gasteiger partial charge on any atom is -0.447 e. The van der Waals surface area contributed by atoms with Gasteiger partial charge in [-0.25, -0.2) is 4.79 Å². The van der Waals surface area contributed by atoms with Crippen LogP contribution in [0.4, 0.5) is 0 Å². The number of carbonyl (C=O) groups is 2. The van der Waals surface area contributed by atoms with E-state index < -0.39 is 16.6 Å². The zero-order valence-corrected chi connectivity index (χ0v) is 18.1. The minimum atomic E-state index is -1.10. The van der Waals surface area contributed by atoms with Gasteiger partial charge in [0, 0.05) is 30.9 Å². The lowest BCUT2D eigenvalue weighted by molar-refractivity contribution is -0.224.